The molecule has 1 aromatic carbocycles. The lowest BCUT2D eigenvalue weighted by atomic mass is 9.76. The number of fused-ring (bicyclic) bond motifs is 15. The van der Waals surface area contributed by atoms with Crippen LogP contribution in [0.5, 0.6) is 11.5 Å². The minimum atomic E-state index is -1.44. The van der Waals surface area contributed by atoms with E-state index in [0.717, 1.165) is 6.08 Å². The monoisotopic (exact) mass is 669 g/mol. The maximum absolute atomic E-state index is 13.8. The van der Waals surface area contributed by atoms with Crippen LogP contribution in [-0.4, -0.2) is 90.0 Å². The predicted molar refractivity (Wildman–Crippen MR) is 176 cm³/mol. The van der Waals surface area contributed by atoms with Crippen LogP contribution in [0.4, 0.5) is 0 Å². The van der Waals surface area contributed by atoms with Crippen LogP contribution in [0, 0.1) is 36.5 Å². The van der Waals surface area contributed by atoms with E-state index in [1.165, 1.54) is 45.9 Å². The Morgan fingerprint density at radius 2 is 1.21 bits per heavy atom. The van der Waals surface area contributed by atoms with E-state index in [4.69, 9.17) is 0 Å². The number of allylic oxidation sites excluding steroid dienone is 5. The van der Waals surface area contributed by atoms with Gasteiger partial charge in [0, 0.05) is 46.8 Å². The van der Waals surface area contributed by atoms with E-state index < -0.39 is 118 Å². The van der Waals surface area contributed by atoms with Crippen LogP contribution in [0.1, 0.15) is 84.6 Å². The summed E-state index contributed by atoms with van der Waals surface area (Å²) in [6.45, 7) is 9.88. The Labute approximate surface area is 279 Å². The van der Waals surface area contributed by atoms with Crippen molar-refractivity contribution in [2.45, 2.75) is 79.3 Å². The molecule has 0 saturated carbocycles. The molecule has 0 radical (unpaired) electrons. The van der Waals surface area contributed by atoms with E-state index in [0.29, 0.717) is 6.42 Å². The molecule has 0 aromatic heterocycles. The zero-order valence-corrected chi connectivity index (χ0v) is 28.3. The number of rotatable bonds is 2. The average Bonchev–Trinajstić information content (AvgIpc) is 3.06. The Balaban J connectivity index is 2.24. The number of ketones is 3. The van der Waals surface area contributed by atoms with Gasteiger partial charge in [-0.25, -0.2) is 0 Å². The second-order valence-electron chi connectivity index (χ2n) is 13.0. The molecule has 12 heteroatoms. The topological polar surface area (TPSA) is 222 Å². The third kappa shape index (κ3) is 7.37. The number of carbonyl (C=O) groups is 4. The lowest BCUT2D eigenvalue weighted by Gasteiger charge is -2.37. The summed E-state index contributed by atoms with van der Waals surface area (Å²) in [4.78, 5) is 53.8. The standard InChI is InChI=1S/C36H47NO11/c1-8-21-11-9-10-15(2)36(48)37-23-13-24(39)25-26(33(45)20(7)34(46)27(25)35(23)47)28(40)16(3)12-22(14-38)32(44)19(6)30(42)17(4)29(41)18(5)31(21)43/h9-13,17-19,21-22,29-32,38,41-46H,8,14H2,1-7H3,(H,37,48)/t17-,18-,19-,21-,22+,29-,30-,31+,32+/m1/s1. The first-order chi connectivity index (χ1) is 22.4. The normalized spacial score (nSPS) is 31.2. The highest BCUT2D eigenvalue weighted by molar-refractivity contribution is 6.31. The maximum atomic E-state index is 13.8. The van der Waals surface area contributed by atoms with Crippen LogP contribution in [0.15, 0.2) is 47.2 Å². The number of aliphatic hydroxyl groups excluding tert-OH is 5. The van der Waals surface area contributed by atoms with Crippen molar-refractivity contribution in [3.05, 3.63) is 69.5 Å². The van der Waals surface area contributed by atoms with Gasteiger partial charge in [-0.3, -0.25) is 19.2 Å². The number of benzene rings is 1. The molecule has 2 heterocycles. The van der Waals surface area contributed by atoms with Gasteiger partial charge >= 0.3 is 0 Å². The minimum Gasteiger partial charge on any atom is -0.507 e. The highest BCUT2D eigenvalue weighted by atomic mass is 16.3. The van der Waals surface area contributed by atoms with Crippen molar-refractivity contribution in [1.82, 2.24) is 5.32 Å². The van der Waals surface area contributed by atoms with Gasteiger partial charge < -0.3 is 41.1 Å². The van der Waals surface area contributed by atoms with Gasteiger partial charge in [0.1, 0.15) is 11.5 Å². The summed E-state index contributed by atoms with van der Waals surface area (Å²) < 4.78 is 0. The number of phenolic OH excluding ortho intramolecular Hbond substituents is 2. The molecule has 1 aromatic rings. The Kier molecular flexibility index (Phi) is 12.5. The molecule has 0 unspecified atom stereocenters. The first-order valence-corrected chi connectivity index (χ1v) is 16.0. The van der Waals surface area contributed by atoms with Crippen LogP contribution < -0.4 is 5.32 Å². The van der Waals surface area contributed by atoms with Gasteiger partial charge in [0.25, 0.3) is 5.91 Å². The number of Topliss-reactive ketones (excluding diaryl/α,β-unsaturated/α-hetero) is 2. The number of aliphatic hydroxyl groups is 5. The van der Waals surface area contributed by atoms with E-state index in [1.807, 2.05) is 6.92 Å². The van der Waals surface area contributed by atoms with Crippen LogP contribution in [0.2, 0.25) is 0 Å². The maximum Gasteiger partial charge on any atom is 0.251 e. The number of carbonyl (C=O) groups excluding carboxylic acids is 4. The first kappa shape index (κ1) is 38.5. The first-order valence-electron chi connectivity index (χ1n) is 16.0. The number of aromatic hydroxyl groups is 2. The van der Waals surface area contributed by atoms with Gasteiger partial charge in [-0.2, -0.15) is 0 Å². The highest BCUT2D eigenvalue weighted by Gasteiger charge is 2.40. The van der Waals surface area contributed by atoms with E-state index in [2.05, 4.69) is 5.32 Å². The fraction of sp³-hybridized carbons (Fsp3) is 0.500. The molecule has 0 saturated heterocycles. The molecule has 48 heavy (non-hydrogen) atoms. The van der Waals surface area contributed by atoms with Crippen LogP contribution in [-0.2, 0) is 4.79 Å². The van der Waals surface area contributed by atoms with E-state index in [-0.39, 0.29) is 16.7 Å². The smallest absolute Gasteiger partial charge is 0.251 e. The number of nitrogens with one attached hydrogen (secondary N) is 1. The molecular formula is C36H47NO11. The molecule has 0 spiro atoms. The lowest BCUT2D eigenvalue weighted by molar-refractivity contribution is -0.116. The zero-order valence-electron chi connectivity index (χ0n) is 28.3. The van der Waals surface area contributed by atoms with Gasteiger partial charge in [0.15, 0.2) is 11.6 Å². The van der Waals surface area contributed by atoms with Crippen molar-refractivity contribution in [3.8, 4) is 11.5 Å². The summed E-state index contributed by atoms with van der Waals surface area (Å²) in [6, 6.07) is 0. The predicted octanol–water partition coefficient (Wildman–Crippen LogP) is 2.42. The van der Waals surface area contributed by atoms with Crippen molar-refractivity contribution < 1.29 is 54.9 Å². The van der Waals surface area contributed by atoms with Gasteiger partial charge in [0.2, 0.25) is 5.78 Å². The van der Waals surface area contributed by atoms with Gasteiger partial charge in [0.05, 0.1) is 53.4 Å². The lowest BCUT2D eigenvalue weighted by Crippen LogP contribution is -2.46. The second kappa shape index (κ2) is 15.5. The van der Waals surface area contributed by atoms with Gasteiger partial charge in [-0.1, -0.05) is 52.0 Å². The molecule has 9 atom stereocenters. The van der Waals surface area contributed by atoms with Crippen molar-refractivity contribution in [2.24, 2.45) is 29.6 Å². The van der Waals surface area contributed by atoms with Crippen molar-refractivity contribution >= 4 is 23.3 Å². The van der Waals surface area contributed by atoms with Crippen LogP contribution in [0.25, 0.3) is 0 Å². The number of phenols is 2. The summed E-state index contributed by atoms with van der Waals surface area (Å²) in [6.07, 6.45) is 2.09. The molecule has 3 aliphatic rings. The zero-order chi connectivity index (χ0) is 36.4. The number of amides is 1. The summed E-state index contributed by atoms with van der Waals surface area (Å²) in [5, 5.41) is 79.1. The van der Waals surface area contributed by atoms with Gasteiger partial charge in [-0.15, -0.1) is 0 Å². The molecule has 4 rings (SSSR count). The Hall–Kier alpha value is -3.94. The molecular weight excluding hydrogens is 622 g/mol. The van der Waals surface area contributed by atoms with Crippen LogP contribution in [0.3, 0.4) is 0 Å². The summed E-state index contributed by atoms with van der Waals surface area (Å²) in [7, 11) is 0. The Morgan fingerprint density at radius 3 is 1.73 bits per heavy atom. The van der Waals surface area contributed by atoms with Crippen LogP contribution >= 0.6 is 0 Å². The summed E-state index contributed by atoms with van der Waals surface area (Å²) in [5.41, 5.74) is -2.48. The van der Waals surface area contributed by atoms with Crippen molar-refractivity contribution in [3.63, 3.8) is 0 Å². The molecule has 8 N–H and O–H groups in total. The fourth-order valence-corrected chi connectivity index (χ4v) is 6.36. The second-order valence-corrected chi connectivity index (χ2v) is 13.0. The fourth-order valence-electron chi connectivity index (χ4n) is 6.36. The minimum absolute atomic E-state index is 0.125. The van der Waals surface area contributed by atoms with E-state index in [1.54, 1.807) is 19.9 Å². The molecule has 12 nitrogen and oxygen atoms in total. The largest absolute Gasteiger partial charge is 0.507 e. The van der Waals surface area contributed by atoms with Crippen molar-refractivity contribution in [2.75, 3.05) is 6.61 Å². The highest BCUT2D eigenvalue weighted by Crippen LogP contribution is 2.41. The molecule has 1 amide bonds. The van der Waals surface area contributed by atoms with Gasteiger partial charge in [-0.05, 0) is 32.8 Å². The molecule has 4 bridgehead atoms. The van der Waals surface area contributed by atoms with Crippen molar-refractivity contribution in [1.29, 1.82) is 0 Å². The molecule has 2 aliphatic heterocycles. The third-order valence-electron chi connectivity index (χ3n) is 9.83. The molecule has 0 fully saturated rings. The quantitative estimate of drug-likeness (QED) is 0.228. The Morgan fingerprint density at radius 1 is 0.708 bits per heavy atom. The summed E-state index contributed by atoms with van der Waals surface area (Å²) >= 11 is 0. The summed E-state index contributed by atoms with van der Waals surface area (Å²) in [5.74, 6) is -9.22. The average molecular weight is 670 g/mol. The number of hydrogen-bond acceptors (Lipinski definition) is 11. The molecule has 1 aliphatic carbocycles. The van der Waals surface area contributed by atoms with E-state index in [9.17, 15) is 54.9 Å². The third-order valence-corrected chi connectivity index (χ3v) is 9.83. The SMILES string of the molecule is CC[C@@H]1C=CC=C(C)C(=O)NC2=CC(=O)c3c(c(O)c(C)c(O)c3C2=O)C(=O)C(C)=C[C@@H](CO)[C@@H](O)[C@H](C)[C@H](O)[C@H](C)[C@@H](O)[C@@H](C)[C@@H]1O. The Bertz CT molecular complexity index is 1590. The molecule has 262 valence electrons. The van der Waals surface area contributed by atoms with E-state index >= 15 is 0 Å². The number of hydrogen-bond donors (Lipinski definition) is 8.